The number of nitrogen functional groups attached to an aromatic ring is 1. The fourth-order valence-electron chi connectivity index (χ4n) is 2.25. The van der Waals surface area contributed by atoms with Crippen molar-refractivity contribution in [2.24, 2.45) is 0 Å². The highest BCUT2D eigenvalue weighted by atomic mass is 35.5. The Morgan fingerprint density at radius 2 is 1.65 bits per heavy atom. The monoisotopic (exact) mass is 288 g/mol. The van der Waals surface area contributed by atoms with Gasteiger partial charge in [-0.3, -0.25) is 4.79 Å². The Bertz CT molecular complexity index is 637. The smallest absolute Gasteiger partial charge is 0.255 e. The molecule has 3 N–H and O–H groups in total. The third-order valence-corrected chi connectivity index (χ3v) is 3.32. The first-order valence-corrected chi connectivity index (χ1v) is 6.70. The van der Waals surface area contributed by atoms with Gasteiger partial charge in [0, 0.05) is 22.0 Å². The predicted molar refractivity (Wildman–Crippen MR) is 84.5 cm³/mol. The molecule has 0 aromatic heterocycles. The van der Waals surface area contributed by atoms with Crippen LogP contribution in [0.15, 0.2) is 30.3 Å². The van der Waals surface area contributed by atoms with Crippen molar-refractivity contribution in [1.82, 2.24) is 0 Å². The summed E-state index contributed by atoms with van der Waals surface area (Å²) in [6.07, 6.45) is 0. The number of carbonyl (C=O) groups is 1. The van der Waals surface area contributed by atoms with Gasteiger partial charge in [-0.1, -0.05) is 11.6 Å². The van der Waals surface area contributed by atoms with E-state index in [9.17, 15) is 4.79 Å². The van der Waals surface area contributed by atoms with Crippen LogP contribution in [0.1, 0.15) is 27.0 Å². The molecule has 0 radical (unpaired) electrons. The quantitative estimate of drug-likeness (QED) is 0.818. The van der Waals surface area contributed by atoms with Gasteiger partial charge >= 0.3 is 0 Å². The molecule has 0 aliphatic rings. The number of rotatable bonds is 2. The summed E-state index contributed by atoms with van der Waals surface area (Å²) in [6.45, 7) is 5.74. The Hall–Kier alpha value is -2.00. The van der Waals surface area contributed by atoms with E-state index in [4.69, 9.17) is 17.3 Å². The molecule has 0 unspecified atom stereocenters. The summed E-state index contributed by atoms with van der Waals surface area (Å²) in [7, 11) is 0. The van der Waals surface area contributed by atoms with Gasteiger partial charge in [0.1, 0.15) is 0 Å². The molecule has 4 heteroatoms. The minimum atomic E-state index is -0.174. The van der Waals surface area contributed by atoms with E-state index in [2.05, 4.69) is 5.32 Å². The maximum absolute atomic E-state index is 12.3. The molecular formula is C16H17ClN2O. The van der Waals surface area contributed by atoms with Crippen LogP contribution >= 0.6 is 11.6 Å². The number of anilines is 2. The summed E-state index contributed by atoms with van der Waals surface area (Å²) in [5, 5.41) is 3.48. The standard InChI is InChI=1S/C16H17ClN2O/c1-9-4-12(8-13(17)5-9)16(20)19-15-10(2)6-14(18)7-11(15)3/h4-8H,18H2,1-3H3,(H,19,20). The van der Waals surface area contributed by atoms with Crippen LogP contribution < -0.4 is 11.1 Å². The highest BCUT2D eigenvalue weighted by molar-refractivity contribution is 6.31. The van der Waals surface area contributed by atoms with Crippen LogP contribution in [0.3, 0.4) is 0 Å². The largest absolute Gasteiger partial charge is 0.399 e. The fraction of sp³-hybridized carbons (Fsp3) is 0.188. The maximum Gasteiger partial charge on any atom is 0.255 e. The summed E-state index contributed by atoms with van der Waals surface area (Å²) in [4.78, 5) is 12.3. The Kier molecular flexibility index (Phi) is 4.00. The number of nitrogens with one attached hydrogen (secondary N) is 1. The average molecular weight is 289 g/mol. The molecule has 1 amide bonds. The van der Waals surface area contributed by atoms with Crippen LogP contribution in [0.25, 0.3) is 0 Å². The van der Waals surface area contributed by atoms with Crippen molar-refractivity contribution in [2.75, 3.05) is 11.1 Å². The Morgan fingerprint density at radius 3 is 2.20 bits per heavy atom. The molecule has 2 rings (SSSR count). The van der Waals surface area contributed by atoms with Gasteiger partial charge in [-0.05, 0) is 67.8 Å². The van der Waals surface area contributed by atoms with Crippen molar-refractivity contribution in [3.63, 3.8) is 0 Å². The van der Waals surface area contributed by atoms with Crippen molar-refractivity contribution in [2.45, 2.75) is 20.8 Å². The zero-order chi connectivity index (χ0) is 14.9. The van der Waals surface area contributed by atoms with Crippen LogP contribution in [-0.2, 0) is 0 Å². The molecule has 0 bridgehead atoms. The Labute approximate surface area is 123 Å². The molecule has 3 nitrogen and oxygen atoms in total. The zero-order valence-corrected chi connectivity index (χ0v) is 12.5. The van der Waals surface area contributed by atoms with Gasteiger partial charge < -0.3 is 11.1 Å². The SMILES string of the molecule is Cc1cc(Cl)cc(C(=O)Nc2c(C)cc(N)cc2C)c1. The van der Waals surface area contributed by atoms with E-state index in [1.54, 1.807) is 6.07 Å². The fourth-order valence-corrected chi connectivity index (χ4v) is 2.54. The summed E-state index contributed by atoms with van der Waals surface area (Å²) in [6, 6.07) is 8.96. The highest BCUT2D eigenvalue weighted by Gasteiger charge is 2.11. The first kappa shape index (κ1) is 14.4. The number of hydrogen-bond acceptors (Lipinski definition) is 2. The van der Waals surface area contributed by atoms with Gasteiger partial charge in [-0.2, -0.15) is 0 Å². The van der Waals surface area contributed by atoms with Gasteiger partial charge in [0.05, 0.1) is 0 Å². The predicted octanol–water partition coefficient (Wildman–Crippen LogP) is 4.10. The number of benzene rings is 2. The summed E-state index contributed by atoms with van der Waals surface area (Å²) in [5.74, 6) is -0.174. The van der Waals surface area contributed by atoms with E-state index < -0.39 is 0 Å². The number of halogens is 1. The molecular weight excluding hydrogens is 272 g/mol. The lowest BCUT2D eigenvalue weighted by atomic mass is 10.1. The molecule has 0 atom stereocenters. The molecule has 104 valence electrons. The third-order valence-electron chi connectivity index (χ3n) is 3.10. The van der Waals surface area contributed by atoms with Crippen molar-refractivity contribution >= 4 is 28.9 Å². The van der Waals surface area contributed by atoms with Crippen LogP contribution in [0.2, 0.25) is 5.02 Å². The molecule has 0 saturated carbocycles. The zero-order valence-electron chi connectivity index (χ0n) is 11.8. The van der Waals surface area contributed by atoms with Gasteiger partial charge in [0.2, 0.25) is 0 Å². The Balaban J connectivity index is 2.32. The molecule has 0 saturated heterocycles. The lowest BCUT2D eigenvalue weighted by Crippen LogP contribution is -2.14. The molecule has 20 heavy (non-hydrogen) atoms. The minimum absolute atomic E-state index is 0.174. The molecule has 0 aliphatic heterocycles. The maximum atomic E-state index is 12.3. The molecule has 0 fully saturated rings. The molecule has 2 aromatic carbocycles. The second-order valence-electron chi connectivity index (χ2n) is 5.00. The molecule has 0 heterocycles. The van der Waals surface area contributed by atoms with Gasteiger partial charge in [0.15, 0.2) is 0 Å². The topological polar surface area (TPSA) is 55.1 Å². The molecule has 0 aliphatic carbocycles. The van der Waals surface area contributed by atoms with Crippen molar-refractivity contribution in [3.05, 3.63) is 57.6 Å². The van der Waals surface area contributed by atoms with Crippen LogP contribution in [0.4, 0.5) is 11.4 Å². The first-order valence-electron chi connectivity index (χ1n) is 6.32. The second-order valence-corrected chi connectivity index (χ2v) is 5.44. The normalized spacial score (nSPS) is 10.4. The van der Waals surface area contributed by atoms with Crippen molar-refractivity contribution in [1.29, 1.82) is 0 Å². The van der Waals surface area contributed by atoms with Crippen LogP contribution in [-0.4, -0.2) is 5.91 Å². The average Bonchev–Trinajstić information content (AvgIpc) is 2.32. The van der Waals surface area contributed by atoms with E-state index in [1.165, 1.54) is 0 Å². The lowest BCUT2D eigenvalue weighted by Gasteiger charge is -2.13. The van der Waals surface area contributed by atoms with E-state index >= 15 is 0 Å². The highest BCUT2D eigenvalue weighted by Crippen LogP contribution is 2.24. The third kappa shape index (κ3) is 3.11. The van der Waals surface area contributed by atoms with Gasteiger partial charge in [-0.25, -0.2) is 0 Å². The van der Waals surface area contributed by atoms with Crippen LogP contribution in [0, 0.1) is 20.8 Å². The van der Waals surface area contributed by atoms with Gasteiger partial charge in [0.25, 0.3) is 5.91 Å². The molecule has 2 aromatic rings. The van der Waals surface area contributed by atoms with Crippen molar-refractivity contribution in [3.8, 4) is 0 Å². The number of hydrogen-bond donors (Lipinski definition) is 2. The van der Waals surface area contributed by atoms with E-state index in [-0.39, 0.29) is 5.91 Å². The lowest BCUT2D eigenvalue weighted by molar-refractivity contribution is 0.102. The summed E-state index contributed by atoms with van der Waals surface area (Å²) >= 11 is 5.98. The van der Waals surface area contributed by atoms with E-state index in [0.717, 1.165) is 22.4 Å². The number of nitrogens with two attached hydrogens (primary N) is 1. The van der Waals surface area contributed by atoms with Gasteiger partial charge in [-0.15, -0.1) is 0 Å². The molecule has 0 spiro atoms. The van der Waals surface area contributed by atoms with E-state index in [1.807, 2.05) is 45.0 Å². The number of aryl methyl sites for hydroxylation is 3. The second kappa shape index (κ2) is 5.55. The first-order chi connectivity index (χ1) is 9.36. The van der Waals surface area contributed by atoms with E-state index in [0.29, 0.717) is 16.3 Å². The summed E-state index contributed by atoms with van der Waals surface area (Å²) in [5.41, 5.74) is 10.6. The number of carbonyl (C=O) groups excluding carboxylic acids is 1. The van der Waals surface area contributed by atoms with Crippen LogP contribution in [0.5, 0.6) is 0 Å². The van der Waals surface area contributed by atoms with Crippen molar-refractivity contribution < 1.29 is 4.79 Å². The summed E-state index contributed by atoms with van der Waals surface area (Å²) < 4.78 is 0. The number of amides is 1. The minimum Gasteiger partial charge on any atom is -0.399 e. The Morgan fingerprint density at radius 1 is 1.05 bits per heavy atom.